The maximum Gasteiger partial charge on any atom is 0.0536 e. The number of rotatable bonds is 6. The van der Waals surface area contributed by atoms with Gasteiger partial charge in [-0.25, -0.2) is 0 Å². The van der Waals surface area contributed by atoms with Crippen LogP contribution in [0, 0.1) is 0 Å². The molecule has 4 heteroatoms. The van der Waals surface area contributed by atoms with Crippen molar-refractivity contribution in [1.29, 1.82) is 0 Å². The molecule has 0 radical (unpaired) electrons. The first kappa shape index (κ1) is 11.2. The van der Waals surface area contributed by atoms with Crippen molar-refractivity contribution in [3.63, 3.8) is 0 Å². The molecule has 1 heterocycles. The fourth-order valence-corrected chi connectivity index (χ4v) is 1.24. The second kappa shape index (κ2) is 5.78. The van der Waals surface area contributed by atoms with Crippen molar-refractivity contribution in [2.45, 2.75) is 19.4 Å². The minimum absolute atomic E-state index is 0.253. The third-order valence-electron chi connectivity index (χ3n) is 2.09. The highest BCUT2D eigenvalue weighted by Crippen LogP contribution is 2.01. The quantitative estimate of drug-likeness (QED) is 0.716. The normalized spacial score (nSPS) is 11.1. The van der Waals surface area contributed by atoms with Gasteiger partial charge in [0.2, 0.25) is 0 Å². The molecule has 4 nitrogen and oxygen atoms in total. The van der Waals surface area contributed by atoms with Crippen molar-refractivity contribution < 1.29 is 5.11 Å². The van der Waals surface area contributed by atoms with Crippen LogP contribution in [0.2, 0.25) is 0 Å². The van der Waals surface area contributed by atoms with Gasteiger partial charge in [0.05, 0.1) is 12.7 Å². The largest absolute Gasteiger partial charge is 0.396 e. The van der Waals surface area contributed by atoms with E-state index in [-0.39, 0.29) is 6.61 Å². The minimum Gasteiger partial charge on any atom is -0.396 e. The number of hydrogen-bond donors (Lipinski definition) is 1. The first-order chi connectivity index (χ1) is 6.72. The summed E-state index contributed by atoms with van der Waals surface area (Å²) in [4.78, 5) is 2.13. The van der Waals surface area contributed by atoms with Crippen LogP contribution < -0.4 is 0 Å². The average molecular weight is 197 g/mol. The molecule has 0 saturated carbocycles. The summed E-state index contributed by atoms with van der Waals surface area (Å²) < 4.78 is 1.95. The van der Waals surface area contributed by atoms with Gasteiger partial charge in [0.1, 0.15) is 0 Å². The number of nitrogens with zero attached hydrogens (tertiary/aromatic N) is 3. The summed E-state index contributed by atoms with van der Waals surface area (Å²) in [5.74, 6) is 0. The van der Waals surface area contributed by atoms with Gasteiger partial charge in [-0.15, -0.1) is 0 Å². The molecule has 14 heavy (non-hydrogen) atoms. The molecule has 80 valence electrons. The fraction of sp³-hybridized carbons (Fsp3) is 0.700. The monoisotopic (exact) mass is 197 g/mol. The summed E-state index contributed by atoms with van der Waals surface area (Å²) in [6, 6.07) is 0. The number of aliphatic hydroxyl groups excluding tert-OH is 1. The molecule has 0 aliphatic carbocycles. The van der Waals surface area contributed by atoms with Gasteiger partial charge >= 0.3 is 0 Å². The second-order valence-corrected chi connectivity index (χ2v) is 3.74. The van der Waals surface area contributed by atoms with E-state index in [4.69, 9.17) is 5.11 Å². The van der Waals surface area contributed by atoms with Gasteiger partial charge in [0.25, 0.3) is 0 Å². The van der Waals surface area contributed by atoms with E-state index in [1.54, 1.807) is 0 Å². The molecule has 1 N–H and O–H groups in total. The summed E-state index contributed by atoms with van der Waals surface area (Å²) in [6.45, 7) is 2.18. The molecule has 0 atom stereocenters. The zero-order valence-corrected chi connectivity index (χ0v) is 8.98. The van der Waals surface area contributed by atoms with E-state index in [9.17, 15) is 0 Å². The van der Waals surface area contributed by atoms with Crippen LogP contribution in [0.1, 0.15) is 12.0 Å². The lowest BCUT2D eigenvalue weighted by Crippen LogP contribution is -2.18. The van der Waals surface area contributed by atoms with Crippen molar-refractivity contribution in [2.24, 2.45) is 0 Å². The van der Waals surface area contributed by atoms with Gasteiger partial charge in [0, 0.05) is 19.3 Å². The number of aryl methyl sites for hydroxylation is 1. The van der Waals surface area contributed by atoms with Crippen molar-refractivity contribution in [1.82, 2.24) is 14.7 Å². The van der Waals surface area contributed by atoms with E-state index in [0.717, 1.165) is 25.9 Å². The van der Waals surface area contributed by atoms with E-state index < -0.39 is 0 Å². The summed E-state index contributed by atoms with van der Waals surface area (Å²) in [7, 11) is 4.10. The zero-order valence-electron chi connectivity index (χ0n) is 8.98. The molecule has 0 bridgehead atoms. The Bertz CT molecular complexity index is 258. The molecular weight excluding hydrogens is 178 g/mol. The Morgan fingerprint density at radius 3 is 2.93 bits per heavy atom. The summed E-state index contributed by atoms with van der Waals surface area (Å²) in [6.07, 6.45) is 5.67. The molecule has 1 rings (SSSR count). The van der Waals surface area contributed by atoms with Crippen molar-refractivity contribution in [3.05, 3.63) is 18.0 Å². The van der Waals surface area contributed by atoms with Crippen LogP contribution in [0.25, 0.3) is 0 Å². The standard InChI is InChI=1S/C10H19N3O/c1-12(2)5-6-13-9-10(8-11-13)4-3-7-14/h8-9,14H,3-7H2,1-2H3. The molecule has 0 amide bonds. The van der Waals surface area contributed by atoms with E-state index in [1.807, 2.05) is 10.9 Å². The smallest absolute Gasteiger partial charge is 0.0536 e. The predicted octanol–water partition coefficient (Wildman–Crippen LogP) is 0.370. The highest BCUT2D eigenvalue weighted by atomic mass is 16.2. The van der Waals surface area contributed by atoms with E-state index >= 15 is 0 Å². The van der Waals surface area contributed by atoms with Crippen LogP contribution in [0.5, 0.6) is 0 Å². The second-order valence-electron chi connectivity index (χ2n) is 3.74. The summed E-state index contributed by atoms with van der Waals surface area (Å²) in [5, 5.41) is 12.9. The van der Waals surface area contributed by atoms with Crippen molar-refractivity contribution in [2.75, 3.05) is 27.2 Å². The molecular formula is C10H19N3O. The van der Waals surface area contributed by atoms with Crippen molar-refractivity contribution in [3.8, 4) is 0 Å². The minimum atomic E-state index is 0.253. The van der Waals surface area contributed by atoms with Gasteiger partial charge in [-0.1, -0.05) is 0 Å². The molecule has 0 aromatic carbocycles. The zero-order chi connectivity index (χ0) is 10.4. The lowest BCUT2D eigenvalue weighted by molar-refractivity contribution is 0.288. The van der Waals surface area contributed by atoms with E-state index in [0.29, 0.717) is 0 Å². The topological polar surface area (TPSA) is 41.3 Å². The van der Waals surface area contributed by atoms with E-state index in [1.165, 1.54) is 5.56 Å². The summed E-state index contributed by atoms with van der Waals surface area (Å²) in [5.41, 5.74) is 1.21. The van der Waals surface area contributed by atoms with Crippen LogP contribution in [0.15, 0.2) is 12.4 Å². The molecule has 1 aromatic heterocycles. The van der Waals surface area contributed by atoms with Crippen LogP contribution in [-0.4, -0.2) is 47.0 Å². The summed E-state index contributed by atoms with van der Waals surface area (Å²) >= 11 is 0. The highest BCUT2D eigenvalue weighted by molar-refractivity contribution is 5.03. The predicted molar refractivity (Wildman–Crippen MR) is 56.2 cm³/mol. The number of aromatic nitrogens is 2. The fourth-order valence-electron chi connectivity index (χ4n) is 1.24. The van der Waals surface area contributed by atoms with Crippen LogP contribution >= 0.6 is 0 Å². The lowest BCUT2D eigenvalue weighted by atomic mass is 10.2. The van der Waals surface area contributed by atoms with Crippen LogP contribution in [-0.2, 0) is 13.0 Å². The molecule has 0 spiro atoms. The number of hydrogen-bond acceptors (Lipinski definition) is 3. The van der Waals surface area contributed by atoms with Gasteiger partial charge in [0.15, 0.2) is 0 Å². The average Bonchev–Trinajstić information content (AvgIpc) is 2.59. The molecule has 1 aromatic rings. The maximum absolute atomic E-state index is 8.68. The molecule has 0 fully saturated rings. The SMILES string of the molecule is CN(C)CCn1cc(CCCO)cn1. The lowest BCUT2D eigenvalue weighted by Gasteiger charge is -2.08. The Morgan fingerprint density at radius 1 is 1.50 bits per heavy atom. The first-order valence-electron chi connectivity index (χ1n) is 4.99. The van der Waals surface area contributed by atoms with Gasteiger partial charge in [-0.2, -0.15) is 5.10 Å². The Morgan fingerprint density at radius 2 is 2.29 bits per heavy atom. The maximum atomic E-state index is 8.68. The Hall–Kier alpha value is -0.870. The number of aliphatic hydroxyl groups is 1. The third kappa shape index (κ3) is 3.89. The highest BCUT2D eigenvalue weighted by Gasteiger charge is 1.98. The van der Waals surface area contributed by atoms with E-state index in [2.05, 4.69) is 30.3 Å². The van der Waals surface area contributed by atoms with Crippen LogP contribution in [0.4, 0.5) is 0 Å². The van der Waals surface area contributed by atoms with Crippen molar-refractivity contribution >= 4 is 0 Å². The van der Waals surface area contributed by atoms with Gasteiger partial charge < -0.3 is 10.0 Å². The third-order valence-corrected chi connectivity index (χ3v) is 2.09. The van der Waals surface area contributed by atoms with Gasteiger partial charge in [-0.3, -0.25) is 4.68 Å². The van der Waals surface area contributed by atoms with Gasteiger partial charge in [-0.05, 0) is 32.5 Å². The number of likely N-dealkylation sites (N-methyl/N-ethyl adjacent to an activating group) is 1. The molecule has 0 unspecified atom stereocenters. The molecule has 0 aliphatic heterocycles. The Kier molecular flexibility index (Phi) is 4.62. The molecule has 0 aliphatic rings. The Balaban J connectivity index is 2.35. The first-order valence-corrected chi connectivity index (χ1v) is 4.99. The van der Waals surface area contributed by atoms with Crippen LogP contribution in [0.3, 0.4) is 0 Å². The Labute approximate surface area is 85.1 Å². The molecule has 0 saturated heterocycles.